The molecule has 0 heterocycles. The molecule has 0 aromatic rings. The molecule has 0 aliphatic heterocycles. The maximum absolute atomic E-state index is 11.8. The first kappa shape index (κ1) is 15.9. The van der Waals surface area contributed by atoms with Gasteiger partial charge in [-0.15, -0.1) is 0 Å². The average Bonchev–Trinajstić information content (AvgIpc) is 2.24. The topological polar surface area (TPSA) is 84.2 Å². The molecule has 1 unspecified atom stereocenters. The van der Waals surface area contributed by atoms with Crippen LogP contribution in [0.1, 0.15) is 33.6 Å². The standard InChI is InChI=1S/C12H25N3O2/c1-12(2,3)7-9(8-13)11(17)15-6-5-10(16)14-4/h9H,5-8,13H2,1-4H3,(H,14,16)(H,15,17). The van der Waals surface area contributed by atoms with Gasteiger partial charge < -0.3 is 16.4 Å². The van der Waals surface area contributed by atoms with Crippen molar-refractivity contribution in [3.63, 3.8) is 0 Å². The van der Waals surface area contributed by atoms with Crippen LogP contribution >= 0.6 is 0 Å². The lowest BCUT2D eigenvalue weighted by atomic mass is 9.84. The number of amides is 2. The van der Waals surface area contributed by atoms with Crippen molar-refractivity contribution in [1.29, 1.82) is 0 Å². The highest BCUT2D eigenvalue weighted by Gasteiger charge is 2.23. The normalized spacial score (nSPS) is 13.0. The highest BCUT2D eigenvalue weighted by Crippen LogP contribution is 2.23. The highest BCUT2D eigenvalue weighted by atomic mass is 16.2. The molecule has 5 nitrogen and oxygen atoms in total. The molecule has 0 saturated heterocycles. The number of nitrogens with one attached hydrogen (secondary N) is 2. The Balaban J connectivity index is 4.05. The zero-order valence-corrected chi connectivity index (χ0v) is 11.3. The maximum atomic E-state index is 11.8. The van der Waals surface area contributed by atoms with Crippen LogP contribution in [0.3, 0.4) is 0 Å². The van der Waals surface area contributed by atoms with Gasteiger partial charge in [-0.1, -0.05) is 20.8 Å². The summed E-state index contributed by atoms with van der Waals surface area (Å²) < 4.78 is 0. The second kappa shape index (κ2) is 7.27. The van der Waals surface area contributed by atoms with Gasteiger partial charge in [-0.25, -0.2) is 0 Å². The molecule has 0 aromatic heterocycles. The molecule has 0 aliphatic rings. The number of carbonyl (C=O) groups excluding carboxylic acids is 2. The molecule has 100 valence electrons. The number of carbonyl (C=O) groups is 2. The molecule has 0 aliphatic carbocycles. The third-order valence-corrected chi connectivity index (χ3v) is 2.44. The van der Waals surface area contributed by atoms with Crippen molar-refractivity contribution in [2.75, 3.05) is 20.1 Å². The molecule has 0 radical (unpaired) electrons. The summed E-state index contributed by atoms with van der Waals surface area (Å²) in [5.41, 5.74) is 5.67. The van der Waals surface area contributed by atoms with E-state index in [1.165, 1.54) is 0 Å². The Morgan fingerprint density at radius 1 is 1.29 bits per heavy atom. The summed E-state index contributed by atoms with van der Waals surface area (Å²) in [6, 6.07) is 0. The summed E-state index contributed by atoms with van der Waals surface area (Å²) in [5, 5.41) is 5.25. The SMILES string of the molecule is CNC(=O)CCNC(=O)C(CN)CC(C)(C)C. The van der Waals surface area contributed by atoms with Crippen molar-refractivity contribution < 1.29 is 9.59 Å². The maximum Gasteiger partial charge on any atom is 0.224 e. The van der Waals surface area contributed by atoms with Crippen LogP contribution in [0, 0.1) is 11.3 Å². The third-order valence-electron chi connectivity index (χ3n) is 2.44. The fourth-order valence-corrected chi connectivity index (χ4v) is 1.59. The summed E-state index contributed by atoms with van der Waals surface area (Å²) in [6.07, 6.45) is 1.05. The van der Waals surface area contributed by atoms with Crippen LogP contribution in [0.2, 0.25) is 0 Å². The van der Waals surface area contributed by atoms with Crippen LogP contribution in [0.4, 0.5) is 0 Å². The minimum atomic E-state index is -0.181. The van der Waals surface area contributed by atoms with Gasteiger partial charge in [0.15, 0.2) is 0 Å². The lowest BCUT2D eigenvalue weighted by molar-refractivity contribution is -0.125. The summed E-state index contributed by atoms with van der Waals surface area (Å²) in [4.78, 5) is 22.8. The van der Waals surface area contributed by atoms with Crippen LogP contribution < -0.4 is 16.4 Å². The first-order chi connectivity index (χ1) is 7.80. The molecule has 0 fully saturated rings. The second-order valence-corrected chi connectivity index (χ2v) is 5.41. The number of nitrogens with two attached hydrogens (primary N) is 1. The van der Waals surface area contributed by atoms with Crippen molar-refractivity contribution >= 4 is 11.8 Å². The van der Waals surface area contributed by atoms with E-state index in [1.807, 2.05) is 0 Å². The van der Waals surface area contributed by atoms with E-state index in [0.717, 1.165) is 6.42 Å². The number of hydrogen-bond donors (Lipinski definition) is 3. The van der Waals surface area contributed by atoms with Crippen molar-refractivity contribution in [3.05, 3.63) is 0 Å². The predicted octanol–water partition coefficient (Wildman–Crippen LogP) is 0.250. The Morgan fingerprint density at radius 3 is 2.29 bits per heavy atom. The molecular formula is C12H25N3O2. The minimum Gasteiger partial charge on any atom is -0.359 e. The van der Waals surface area contributed by atoms with E-state index in [9.17, 15) is 9.59 Å². The van der Waals surface area contributed by atoms with Crippen molar-refractivity contribution in [2.45, 2.75) is 33.6 Å². The second-order valence-electron chi connectivity index (χ2n) is 5.41. The molecule has 0 spiro atoms. The largest absolute Gasteiger partial charge is 0.359 e. The van der Waals surface area contributed by atoms with Crippen molar-refractivity contribution in [1.82, 2.24) is 10.6 Å². The van der Waals surface area contributed by atoms with Crippen LogP contribution in [-0.2, 0) is 9.59 Å². The van der Waals surface area contributed by atoms with Crippen LogP contribution in [-0.4, -0.2) is 32.0 Å². The summed E-state index contributed by atoms with van der Waals surface area (Å²) in [6.45, 7) is 6.93. The van der Waals surface area contributed by atoms with Gasteiger partial charge in [0.05, 0.1) is 5.92 Å². The Labute approximate surface area is 104 Å². The Hall–Kier alpha value is -1.10. The Kier molecular flexibility index (Phi) is 6.80. The van der Waals surface area contributed by atoms with Gasteiger partial charge in [0.1, 0.15) is 0 Å². The van der Waals surface area contributed by atoms with Crippen molar-refractivity contribution in [3.8, 4) is 0 Å². The molecule has 0 rings (SSSR count). The molecule has 2 amide bonds. The molecule has 0 saturated carbocycles. The molecule has 0 aromatic carbocycles. The Morgan fingerprint density at radius 2 is 1.88 bits per heavy atom. The monoisotopic (exact) mass is 243 g/mol. The fraction of sp³-hybridized carbons (Fsp3) is 0.833. The van der Waals surface area contributed by atoms with Gasteiger partial charge in [0, 0.05) is 26.6 Å². The zero-order valence-electron chi connectivity index (χ0n) is 11.3. The smallest absolute Gasteiger partial charge is 0.224 e. The molecule has 0 bridgehead atoms. The van der Waals surface area contributed by atoms with E-state index < -0.39 is 0 Å². The lowest BCUT2D eigenvalue weighted by Gasteiger charge is -2.24. The van der Waals surface area contributed by atoms with Gasteiger partial charge >= 0.3 is 0 Å². The van der Waals surface area contributed by atoms with Crippen LogP contribution in [0.25, 0.3) is 0 Å². The third kappa shape index (κ3) is 7.74. The van der Waals surface area contributed by atoms with E-state index in [1.54, 1.807) is 7.05 Å². The lowest BCUT2D eigenvalue weighted by Crippen LogP contribution is -2.38. The summed E-state index contributed by atoms with van der Waals surface area (Å²) in [7, 11) is 1.58. The summed E-state index contributed by atoms with van der Waals surface area (Å²) in [5.74, 6) is -0.323. The van der Waals surface area contributed by atoms with Crippen LogP contribution in [0.15, 0.2) is 0 Å². The van der Waals surface area contributed by atoms with Gasteiger partial charge in [-0.05, 0) is 11.8 Å². The van der Waals surface area contributed by atoms with Crippen LogP contribution in [0.5, 0.6) is 0 Å². The first-order valence-corrected chi connectivity index (χ1v) is 5.98. The van der Waals surface area contributed by atoms with E-state index >= 15 is 0 Å². The first-order valence-electron chi connectivity index (χ1n) is 5.98. The van der Waals surface area contributed by atoms with Crippen molar-refractivity contribution in [2.24, 2.45) is 17.1 Å². The molecule has 17 heavy (non-hydrogen) atoms. The molecule has 5 heteroatoms. The quantitative estimate of drug-likeness (QED) is 0.625. The van der Waals surface area contributed by atoms with Gasteiger partial charge in [0.25, 0.3) is 0 Å². The summed E-state index contributed by atoms with van der Waals surface area (Å²) >= 11 is 0. The highest BCUT2D eigenvalue weighted by molar-refractivity contribution is 5.80. The fourth-order valence-electron chi connectivity index (χ4n) is 1.59. The molecule has 1 atom stereocenters. The number of hydrogen-bond acceptors (Lipinski definition) is 3. The average molecular weight is 243 g/mol. The molecule has 4 N–H and O–H groups in total. The van der Waals surface area contributed by atoms with Gasteiger partial charge in [-0.2, -0.15) is 0 Å². The van der Waals surface area contributed by atoms with Gasteiger partial charge in [-0.3, -0.25) is 9.59 Å². The number of rotatable bonds is 6. The van der Waals surface area contributed by atoms with E-state index in [0.29, 0.717) is 19.5 Å². The van der Waals surface area contributed by atoms with E-state index in [2.05, 4.69) is 31.4 Å². The van der Waals surface area contributed by atoms with Gasteiger partial charge in [0.2, 0.25) is 11.8 Å². The zero-order chi connectivity index (χ0) is 13.5. The minimum absolute atomic E-state index is 0.0636. The molecular weight excluding hydrogens is 218 g/mol. The van der Waals surface area contributed by atoms with E-state index in [-0.39, 0.29) is 23.1 Å². The van der Waals surface area contributed by atoms with E-state index in [4.69, 9.17) is 5.73 Å². The Bertz CT molecular complexity index is 259. The predicted molar refractivity (Wildman–Crippen MR) is 68.3 cm³/mol.